The first-order valence-corrected chi connectivity index (χ1v) is 7.86. The van der Waals surface area contributed by atoms with Crippen molar-refractivity contribution in [3.05, 3.63) is 58.7 Å². The van der Waals surface area contributed by atoms with E-state index < -0.39 is 0 Å². The van der Waals surface area contributed by atoms with Crippen molar-refractivity contribution in [3.8, 4) is 5.75 Å². The number of hydrogen-bond acceptors (Lipinski definition) is 3. The molecule has 0 unspecified atom stereocenters. The molecule has 0 saturated heterocycles. The molecule has 1 aliphatic heterocycles. The second kappa shape index (κ2) is 6.35. The Labute approximate surface area is 141 Å². The minimum Gasteiger partial charge on any atom is -0.496 e. The van der Waals surface area contributed by atoms with E-state index in [4.69, 9.17) is 4.74 Å². The SMILES string of the molecule is COc1cc(C(=O)N[C@@H](C)c2ccc3c(c2)CC(=O)N3)ccc1C. The third-order valence-corrected chi connectivity index (χ3v) is 4.27. The number of fused-ring (bicyclic) bond motifs is 1. The van der Waals surface area contributed by atoms with E-state index in [1.807, 2.05) is 38.1 Å². The van der Waals surface area contributed by atoms with E-state index in [-0.39, 0.29) is 17.9 Å². The molecule has 0 saturated carbocycles. The number of aryl methyl sites for hydroxylation is 1. The molecule has 0 radical (unpaired) electrons. The number of anilines is 1. The summed E-state index contributed by atoms with van der Waals surface area (Å²) in [6.45, 7) is 3.86. The van der Waals surface area contributed by atoms with E-state index in [2.05, 4.69) is 10.6 Å². The standard InChI is InChI=1S/C19H20N2O3/c1-11-4-5-14(9-17(11)24-3)19(23)20-12(2)13-6-7-16-15(8-13)10-18(22)21-16/h4-9,12H,10H2,1-3H3,(H,20,23)(H,21,22)/t12-/m0/s1. The number of hydrogen-bond donors (Lipinski definition) is 2. The summed E-state index contributed by atoms with van der Waals surface area (Å²) in [7, 11) is 1.59. The number of benzene rings is 2. The van der Waals surface area contributed by atoms with Crippen molar-refractivity contribution in [1.29, 1.82) is 0 Å². The molecule has 1 aliphatic rings. The summed E-state index contributed by atoms with van der Waals surface area (Å²) in [6, 6.07) is 11.0. The molecule has 0 fully saturated rings. The zero-order valence-corrected chi connectivity index (χ0v) is 14.0. The molecular weight excluding hydrogens is 304 g/mol. The molecule has 2 aromatic rings. The predicted molar refractivity (Wildman–Crippen MR) is 92.4 cm³/mol. The van der Waals surface area contributed by atoms with Gasteiger partial charge in [0.25, 0.3) is 5.91 Å². The minimum atomic E-state index is -0.161. The number of ether oxygens (including phenoxy) is 1. The molecule has 5 nitrogen and oxygen atoms in total. The average molecular weight is 324 g/mol. The number of nitrogens with one attached hydrogen (secondary N) is 2. The lowest BCUT2D eigenvalue weighted by Crippen LogP contribution is -2.26. The Morgan fingerprint density at radius 3 is 2.79 bits per heavy atom. The highest BCUT2D eigenvalue weighted by Crippen LogP contribution is 2.26. The van der Waals surface area contributed by atoms with Crippen molar-refractivity contribution in [2.75, 3.05) is 12.4 Å². The van der Waals surface area contributed by atoms with Crippen LogP contribution in [0.2, 0.25) is 0 Å². The first-order valence-electron chi connectivity index (χ1n) is 7.86. The molecule has 2 amide bonds. The highest BCUT2D eigenvalue weighted by atomic mass is 16.5. The van der Waals surface area contributed by atoms with Crippen LogP contribution in [-0.2, 0) is 11.2 Å². The summed E-state index contributed by atoms with van der Waals surface area (Å²) in [5, 5.41) is 5.79. The van der Waals surface area contributed by atoms with Gasteiger partial charge in [0.1, 0.15) is 5.75 Å². The Morgan fingerprint density at radius 2 is 2.04 bits per heavy atom. The van der Waals surface area contributed by atoms with Crippen LogP contribution in [0.15, 0.2) is 36.4 Å². The van der Waals surface area contributed by atoms with E-state index in [0.29, 0.717) is 17.7 Å². The molecule has 2 N–H and O–H groups in total. The monoisotopic (exact) mass is 324 g/mol. The Hall–Kier alpha value is -2.82. The lowest BCUT2D eigenvalue weighted by molar-refractivity contribution is -0.115. The smallest absolute Gasteiger partial charge is 0.251 e. The van der Waals surface area contributed by atoms with Gasteiger partial charge in [0.2, 0.25) is 5.91 Å². The van der Waals surface area contributed by atoms with Crippen molar-refractivity contribution >= 4 is 17.5 Å². The van der Waals surface area contributed by atoms with Crippen LogP contribution >= 0.6 is 0 Å². The Balaban J connectivity index is 1.75. The van der Waals surface area contributed by atoms with Gasteiger partial charge < -0.3 is 15.4 Å². The van der Waals surface area contributed by atoms with E-state index in [1.54, 1.807) is 19.2 Å². The molecule has 0 aliphatic carbocycles. The van der Waals surface area contributed by atoms with E-state index >= 15 is 0 Å². The van der Waals surface area contributed by atoms with Crippen LogP contribution in [0, 0.1) is 6.92 Å². The van der Waals surface area contributed by atoms with Gasteiger partial charge in [0.15, 0.2) is 0 Å². The Morgan fingerprint density at radius 1 is 1.25 bits per heavy atom. The highest BCUT2D eigenvalue weighted by Gasteiger charge is 2.19. The van der Waals surface area contributed by atoms with Crippen LogP contribution in [-0.4, -0.2) is 18.9 Å². The molecule has 24 heavy (non-hydrogen) atoms. The van der Waals surface area contributed by atoms with Crippen molar-refractivity contribution in [2.24, 2.45) is 0 Å². The number of methoxy groups -OCH3 is 1. The van der Waals surface area contributed by atoms with Crippen molar-refractivity contribution in [3.63, 3.8) is 0 Å². The quantitative estimate of drug-likeness (QED) is 0.908. The zero-order chi connectivity index (χ0) is 17.3. The fraction of sp³-hybridized carbons (Fsp3) is 0.263. The summed E-state index contributed by atoms with van der Waals surface area (Å²) in [6.07, 6.45) is 0.388. The summed E-state index contributed by atoms with van der Waals surface area (Å²) in [5.74, 6) is 0.540. The number of carbonyl (C=O) groups excluding carboxylic acids is 2. The van der Waals surface area contributed by atoms with Crippen LogP contribution in [0.1, 0.15) is 40.0 Å². The van der Waals surface area contributed by atoms with Crippen LogP contribution in [0.25, 0.3) is 0 Å². The molecule has 0 spiro atoms. The highest BCUT2D eigenvalue weighted by molar-refractivity contribution is 5.99. The fourth-order valence-electron chi connectivity index (χ4n) is 2.84. The van der Waals surface area contributed by atoms with E-state index in [0.717, 1.165) is 22.4 Å². The molecule has 1 heterocycles. The Kier molecular flexibility index (Phi) is 4.25. The summed E-state index contributed by atoms with van der Waals surface area (Å²) < 4.78 is 5.27. The third-order valence-electron chi connectivity index (χ3n) is 4.27. The van der Waals surface area contributed by atoms with E-state index in [1.165, 1.54) is 0 Å². The van der Waals surface area contributed by atoms with Gasteiger partial charge in [-0.2, -0.15) is 0 Å². The lowest BCUT2D eigenvalue weighted by Gasteiger charge is -2.16. The molecule has 2 aromatic carbocycles. The lowest BCUT2D eigenvalue weighted by atomic mass is 10.0. The molecule has 0 bridgehead atoms. The van der Waals surface area contributed by atoms with Crippen LogP contribution in [0.3, 0.4) is 0 Å². The number of carbonyl (C=O) groups is 2. The van der Waals surface area contributed by atoms with Crippen LogP contribution in [0.4, 0.5) is 5.69 Å². The van der Waals surface area contributed by atoms with Gasteiger partial charge in [-0.1, -0.05) is 18.2 Å². The molecular formula is C19H20N2O3. The maximum Gasteiger partial charge on any atom is 0.251 e. The zero-order valence-electron chi connectivity index (χ0n) is 14.0. The van der Waals surface area contributed by atoms with Crippen molar-refractivity contribution < 1.29 is 14.3 Å². The summed E-state index contributed by atoms with van der Waals surface area (Å²) in [5.41, 5.74) is 4.33. The second-order valence-electron chi connectivity index (χ2n) is 6.02. The molecule has 3 rings (SSSR count). The second-order valence-corrected chi connectivity index (χ2v) is 6.02. The normalized spacial score (nSPS) is 13.9. The van der Waals surface area contributed by atoms with Crippen LogP contribution < -0.4 is 15.4 Å². The first kappa shape index (κ1) is 16.1. The van der Waals surface area contributed by atoms with Crippen molar-refractivity contribution in [2.45, 2.75) is 26.3 Å². The number of rotatable bonds is 4. The van der Waals surface area contributed by atoms with E-state index in [9.17, 15) is 9.59 Å². The van der Waals surface area contributed by atoms with Crippen molar-refractivity contribution in [1.82, 2.24) is 5.32 Å². The largest absolute Gasteiger partial charge is 0.496 e. The summed E-state index contributed by atoms with van der Waals surface area (Å²) >= 11 is 0. The van der Waals surface area contributed by atoms with Gasteiger partial charge in [-0.25, -0.2) is 0 Å². The third kappa shape index (κ3) is 3.11. The topological polar surface area (TPSA) is 67.4 Å². The summed E-state index contributed by atoms with van der Waals surface area (Å²) in [4.78, 5) is 23.9. The van der Waals surface area contributed by atoms with Gasteiger partial charge in [-0.3, -0.25) is 9.59 Å². The molecule has 124 valence electrons. The Bertz CT molecular complexity index is 814. The number of amides is 2. The molecule has 0 aromatic heterocycles. The fourth-order valence-corrected chi connectivity index (χ4v) is 2.84. The maximum absolute atomic E-state index is 12.5. The minimum absolute atomic E-state index is 0.00518. The van der Waals surface area contributed by atoms with Gasteiger partial charge in [0, 0.05) is 11.3 Å². The molecule has 1 atom stereocenters. The average Bonchev–Trinajstić information content (AvgIpc) is 2.94. The van der Waals surface area contributed by atoms with Gasteiger partial charge >= 0.3 is 0 Å². The van der Waals surface area contributed by atoms with Gasteiger partial charge in [-0.05, 0) is 48.7 Å². The van der Waals surface area contributed by atoms with Gasteiger partial charge in [-0.15, -0.1) is 0 Å². The predicted octanol–water partition coefficient (Wildman–Crippen LogP) is 2.99. The maximum atomic E-state index is 12.5. The molecule has 5 heteroatoms. The van der Waals surface area contributed by atoms with Crippen LogP contribution in [0.5, 0.6) is 5.75 Å². The van der Waals surface area contributed by atoms with Gasteiger partial charge in [0.05, 0.1) is 19.6 Å². The first-order chi connectivity index (χ1) is 11.5.